The van der Waals surface area contributed by atoms with Crippen LogP contribution in [0.4, 0.5) is 4.39 Å². The molecule has 1 heterocycles. The highest BCUT2D eigenvalue weighted by Gasteiger charge is 2.21. The Hall–Kier alpha value is -2.21. The van der Waals surface area contributed by atoms with E-state index in [0.29, 0.717) is 30.1 Å². The molecule has 0 fully saturated rings. The summed E-state index contributed by atoms with van der Waals surface area (Å²) in [7, 11) is 1.73. The molecular weight excluding hydrogens is 275 g/mol. The normalized spacial score (nSPS) is 12.6. The number of aromatic nitrogens is 1. The van der Waals surface area contributed by atoms with Crippen LogP contribution in [0.2, 0.25) is 0 Å². The van der Waals surface area contributed by atoms with Crippen LogP contribution in [0.3, 0.4) is 0 Å². The number of oxazole rings is 1. The van der Waals surface area contributed by atoms with Crippen molar-refractivity contribution in [3.8, 4) is 11.5 Å². The van der Waals surface area contributed by atoms with E-state index >= 15 is 0 Å². The first-order chi connectivity index (χ1) is 10.0. The fourth-order valence-corrected chi connectivity index (χ4v) is 2.15. The number of likely N-dealkylation sites (N-methyl/N-ethyl adjacent to an activating group) is 1. The van der Waals surface area contributed by atoms with Gasteiger partial charge in [0, 0.05) is 12.1 Å². The Labute approximate surface area is 122 Å². The van der Waals surface area contributed by atoms with Crippen LogP contribution in [0.5, 0.6) is 0 Å². The van der Waals surface area contributed by atoms with Gasteiger partial charge in [-0.25, -0.2) is 9.37 Å². The molecule has 0 saturated carbocycles. The number of nitrogens with zero attached hydrogens (tertiary/aromatic N) is 2. The molecule has 1 N–H and O–H groups in total. The second kappa shape index (κ2) is 6.49. The summed E-state index contributed by atoms with van der Waals surface area (Å²) in [6.07, 6.45) is 2.00. The molecule has 1 aromatic heterocycles. The Morgan fingerprint density at radius 1 is 1.43 bits per heavy atom. The van der Waals surface area contributed by atoms with Crippen LogP contribution in [0.1, 0.15) is 19.0 Å². The maximum absolute atomic E-state index is 12.9. The molecule has 2 aromatic rings. The van der Waals surface area contributed by atoms with Crippen molar-refractivity contribution in [2.45, 2.75) is 25.9 Å². The summed E-state index contributed by atoms with van der Waals surface area (Å²) in [5.41, 5.74) is 1.31. The summed E-state index contributed by atoms with van der Waals surface area (Å²) < 4.78 is 18.2. The molecule has 0 aliphatic carbocycles. The molecule has 0 saturated heterocycles. The number of halogens is 1. The molecule has 1 aromatic carbocycles. The first kappa shape index (κ1) is 15.2. The van der Waals surface area contributed by atoms with Gasteiger partial charge in [0.25, 0.3) is 0 Å². The van der Waals surface area contributed by atoms with Crippen LogP contribution < -0.4 is 0 Å². The van der Waals surface area contributed by atoms with Crippen molar-refractivity contribution in [1.82, 2.24) is 9.88 Å². The van der Waals surface area contributed by atoms with Gasteiger partial charge in [-0.15, -0.1) is 0 Å². The van der Waals surface area contributed by atoms with Gasteiger partial charge in [0.15, 0.2) is 0 Å². The number of carbonyl (C=O) groups is 1. The van der Waals surface area contributed by atoms with Crippen molar-refractivity contribution in [1.29, 1.82) is 0 Å². The highest BCUT2D eigenvalue weighted by Crippen LogP contribution is 2.20. The molecular formula is C15H17FN2O3. The molecule has 21 heavy (non-hydrogen) atoms. The van der Waals surface area contributed by atoms with E-state index in [9.17, 15) is 9.18 Å². The average Bonchev–Trinajstić information content (AvgIpc) is 2.88. The molecule has 6 heteroatoms. The third-order valence-corrected chi connectivity index (χ3v) is 3.26. The van der Waals surface area contributed by atoms with Gasteiger partial charge in [-0.05, 0) is 37.7 Å². The van der Waals surface area contributed by atoms with E-state index in [1.807, 2.05) is 6.92 Å². The summed E-state index contributed by atoms with van der Waals surface area (Å²) >= 11 is 0. The predicted molar refractivity (Wildman–Crippen MR) is 75.1 cm³/mol. The molecule has 0 bridgehead atoms. The van der Waals surface area contributed by atoms with Gasteiger partial charge < -0.3 is 9.52 Å². The number of aliphatic carboxylic acids is 1. The lowest BCUT2D eigenvalue weighted by atomic mass is 10.2. The maximum atomic E-state index is 12.9. The summed E-state index contributed by atoms with van der Waals surface area (Å²) in [6, 6.07) is 5.28. The molecule has 0 aliphatic rings. The highest BCUT2D eigenvalue weighted by molar-refractivity contribution is 5.73. The van der Waals surface area contributed by atoms with Crippen LogP contribution in [-0.2, 0) is 11.3 Å². The fourth-order valence-electron chi connectivity index (χ4n) is 2.15. The van der Waals surface area contributed by atoms with Gasteiger partial charge in [-0.2, -0.15) is 0 Å². The minimum Gasteiger partial charge on any atom is -0.480 e. The van der Waals surface area contributed by atoms with Crippen LogP contribution >= 0.6 is 0 Å². The molecule has 5 nitrogen and oxygen atoms in total. The largest absolute Gasteiger partial charge is 0.480 e. The zero-order chi connectivity index (χ0) is 15.4. The molecule has 0 spiro atoms. The van der Waals surface area contributed by atoms with Gasteiger partial charge in [-0.1, -0.05) is 6.92 Å². The molecule has 0 aliphatic heterocycles. The number of carboxylic acids is 1. The minimum atomic E-state index is -0.859. The molecule has 1 unspecified atom stereocenters. The van der Waals surface area contributed by atoms with E-state index < -0.39 is 12.0 Å². The van der Waals surface area contributed by atoms with Crippen molar-refractivity contribution in [2.75, 3.05) is 7.05 Å². The number of hydrogen-bond donors (Lipinski definition) is 1. The van der Waals surface area contributed by atoms with Crippen LogP contribution in [-0.4, -0.2) is 34.0 Å². The van der Waals surface area contributed by atoms with E-state index in [1.54, 1.807) is 24.1 Å². The second-order valence-electron chi connectivity index (χ2n) is 4.83. The monoisotopic (exact) mass is 292 g/mol. The topological polar surface area (TPSA) is 66.6 Å². The number of carboxylic acid groups (broad SMARTS) is 1. The van der Waals surface area contributed by atoms with E-state index in [1.165, 1.54) is 18.4 Å². The lowest BCUT2D eigenvalue weighted by molar-refractivity contribution is -0.143. The Balaban J connectivity index is 2.09. The van der Waals surface area contributed by atoms with Gasteiger partial charge in [-0.3, -0.25) is 9.69 Å². The fraction of sp³-hybridized carbons (Fsp3) is 0.333. The highest BCUT2D eigenvalue weighted by atomic mass is 19.1. The molecule has 112 valence electrons. The number of hydrogen-bond acceptors (Lipinski definition) is 4. The summed E-state index contributed by atoms with van der Waals surface area (Å²) in [6.45, 7) is 2.19. The van der Waals surface area contributed by atoms with Gasteiger partial charge in [0.05, 0.1) is 5.69 Å². The van der Waals surface area contributed by atoms with Crippen LogP contribution in [0.15, 0.2) is 34.9 Å². The lowest BCUT2D eigenvalue weighted by Crippen LogP contribution is -2.37. The van der Waals surface area contributed by atoms with Crippen molar-refractivity contribution in [2.24, 2.45) is 0 Å². The zero-order valence-corrected chi connectivity index (χ0v) is 11.9. The van der Waals surface area contributed by atoms with E-state index in [0.717, 1.165) is 0 Å². The number of rotatable bonds is 6. The minimum absolute atomic E-state index is 0.322. The van der Waals surface area contributed by atoms with Crippen LogP contribution in [0, 0.1) is 5.82 Å². The molecule has 1 atom stereocenters. The molecule has 0 radical (unpaired) electrons. The Bertz CT molecular complexity index is 610. The smallest absolute Gasteiger partial charge is 0.320 e. The second-order valence-corrected chi connectivity index (χ2v) is 4.83. The van der Waals surface area contributed by atoms with Gasteiger partial charge >= 0.3 is 5.97 Å². The van der Waals surface area contributed by atoms with E-state index in [-0.39, 0.29) is 5.82 Å². The van der Waals surface area contributed by atoms with Gasteiger partial charge in [0.2, 0.25) is 5.89 Å². The first-order valence-electron chi connectivity index (χ1n) is 6.64. The standard InChI is InChI=1S/C15H17FN2O3/c1-3-13(15(19)20)18(2)8-12-9-21-14(17-12)10-4-6-11(16)7-5-10/h4-7,9,13H,3,8H2,1-2H3,(H,19,20). The summed E-state index contributed by atoms with van der Waals surface area (Å²) in [5, 5.41) is 9.11. The van der Waals surface area contributed by atoms with Gasteiger partial charge in [0.1, 0.15) is 18.1 Å². The third kappa shape index (κ3) is 3.66. The Kier molecular flexibility index (Phi) is 4.70. The van der Waals surface area contributed by atoms with E-state index in [2.05, 4.69) is 4.98 Å². The van der Waals surface area contributed by atoms with Crippen LogP contribution in [0.25, 0.3) is 11.5 Å². The maximum Gasteiger partial charge on any atom is 0.320 e. The summed E-state index contributed by atoms with van der Waals surface area (Å²) in [5.74, 6) is -0.790. The molecule has 2 rings (SSSR count). The van der Waals surface area contributed by atoms with E-state index in [4.69, 9.17) is 9.52 Å². The summed E-state index contributed by atoms with van der Waals surface area (Å²) in [4.78, 5) is 17.1. The number of benzene rings is 1. The first-order valence-corrected chi connectivity index (χ1v) is 6.64. The van der Waals surface area contributed by atoms with Crippen molar-refractivity contribution < 1.29 is 18.7 Å². The average molecular weight is 292 g/mol. The SMILES string of the molecule is CCC(C(=O)O)N(C)Cc1coc(-c2ccc(F)cc2)n1. The molecule has 0 amide bonds. The third-order valence-electron chi connectivity index (χ3n) is 3.26. The predicted octanol–water partition coefficient (Wildman–Crippen LogP) is 2.78. The zero-order valence-electron chi connectivity index (χ0n) is 11.9. The van der Waals surface area contributed by atoms with Crippen molar-refractivity contribution >= 4 is 5.97 Å². The Morgan fingerprint density at radius 3 is 2.67 bits per heavy atom. The lowest BCUT2D eigenvalue weighted by Gasteiger charge is -2.21. The van der Waals surface area contributed by atoms with Crippen molar-refractivity contribution in [3.05, 3.63) is 42.0 Å². The Morgan fingerprint density at radius 2 is 2.10 bits per heavy atom. The van der Waals surface area contributed by atoms with Crippen molar-refractivity contribution in [3.63, 3.8) is 0 Å². The quantitative estimate of drug-likeness (QED) is 0.886.